The van der Waals surface area contributed by atoms with E-state index in [0.29, 0.717) is 43.1 Å². The van der Waals surface area contributed by atoms with Crippen LogP contribution in [0.25, 0.3) is 0 Å². The van der Waals surface area contributed by atoms with Gasteiger partial charge in [-0.25, -0.2) is 0 Å². The van der Waals surface area contributed by atoms with E-state index in [2.05, 4.69) is 10.6 Å². The van der Waals surface area contributed by atoms with Gasteiger partial charge in [0.25, 0.3) is 5.91 Å². The smallest absolute Gasteiger partial charge is 0.253 e. The zero-order chi connectivity index (χ0) is 21.7. The number of hydrogen-bond donors (Lipinski definition) is 2. The first kappa shape index (κ1) is 21.5. The molecule has 1 fully saturated rings. The number of amides is 3. The van der Waals surface area contributed by atoms with E-state index in [1.165, 1.54) is 12.5 Å². The number of nitrogens with zero attached hydrogens (tertiary/aromatic N) is 2. The predicted molar refractivity (Wildman–Crippen MR) is 118 cm³/mol. The van der Waals surface area contributed by atoms with Crippen LogP contribution < -0.4 is 10.6 Å². The lowest BCUT2D eigenvalue weighted by Gasteiger charge is -2.34. The SMILES string of the molecule is CC(=O)Nc1cccc(NC(=O)CN2CCN(C(=O)c3ccc(C)c(C)c3)CC2)c1. The summed E-state index contributed by atoms with van der Waals surface area (Å²) in [6.07, 6.45) is 0. The third-order valence-electron chi connectivity index (χ3n) is 5.25. The summed E-state index contributed by atoms with van der Waals surface area (Å²) in [5.41, 5.74) is 4.26. The first-order chi connectivity index (χ1) is 14.3. The van der Waals surface area contributed by atoms with Crippen molar-refractivity contribution in [2.24, 2.45) is 0 Å². The van der Waals surface area contributed by atoms with Crippen molar-refractivity contribution in [2.45, 2.75) is 20.8 Å². The highest BCUT2D eigenvalue weighted by Crippen LogP contribution is 2.16. The minimum atomic E-state index is -0.160. The number of nitrogens with one attached hydrogen (secondary N) is 2. The van der Waals surface area contributed by atoms with E-state index in [9.17, 15) is 14.4 Å². The molecule has 0 saturated carbocycles. The van der Waals surface area contributed by atoms with Crippen molar-refractivity contribution in [1.82, 2.24) is 9.80 Å². The van der Waals surface area contributed by atoms with E-state index < -0.39 is 0 Å². The van der Waals surface area contributed by atoms with Crippen LogP contribution in [0.1, 0.15) is 28.4 Å². The van der Waals surface area contributed by atoms with E-state index in [1.54, 1.807) is 24.3 Å². The Morgan fingerprint density at radius 1 is 0.867 bits per heavy atom. The molecule has 7 nitrogen and oxygen atoms in total. The van der Waals surface area contributed by atoms with Gasteiger partial charge < -0.3 is 15.5 Å². The molecular weight excluding hydrogens is 380 g/mol. The van der Waals surface area contributed by atoms with Crippen molar-refractivity contribution in [2.75, 3.05) is 43.4 Å². The fraction of sp³-hybridized carbons (Fsp3) is 0.348. The van der Waals surface area contributed by atoms with Gasteiger partial charge in [-0.1, -0.05) is 12.1 Å². The van der Waals surface area contributed by atoms with E-state index in [1.807, 2.05) is 41.8 Å². The number of piperazine rings is 1. The lowest BCUT2D eigenvalue weighted by molar-refractivity contribution is -0.117. The Morgan fingerprint density at radius 3 is 2.17 bits per heavy atom. The van der Waals surface area contributed by atoms with E-state index in [0.717, 1.165) is 5.56 Å². The molecule has 0 bridgehead atoms. The quantitative estimate of drug-likeness (QED) is 0.797. The standard InChI is InChI=1S/C23H28N4O3/c1-16-7-8-19(13-17(16)2)23(30)27-11-9-26(10-12-27)15-22(29)25-21-6-4-5-20(14-21)24-18(3)28/h4-8,13-14H,9-12,15H2,1-3H3,(H,24,28)(H,25,29). The molecule has 7 heteroatoms. The van der Waals surface area contributed by atoms with Crippen molar-refractivity contribution in [3.63, 3.8) is 0 Å². The zero-order valence-electron chi connectivity index (χ0n) is 17.7. The Balaban J connectivity index is 1.49. The van der Waals surface area contributed by atoms with Crippen molar-refractivity contribution in [3.05, 3.63) is 59.2 Å². The molecule has 30 heavy (non-hydrogen) atoms. The molecule has 2 aromatic rings. The minimum absolute atomic E-state index is 0.0389. The van der Waals surface area contributed by atoms with Gasteiger partial charge in [-0.2, -0.15) is 0 Å². The third-order valence-corrected chi connectivity index (χ3v) is 5.25. The molecule has 158 valence electrons. The second kappa shape index (κ2) is 9.54. The van der Waals surface area contributed by atoms with Crippen LogP contribution in [-0.2, 0) is 9.59 Å². The summed E-state index contributed by atoms with van der Waals surface area (Å²) in [6, 6.07) is 12.8. The predicted octanol–water partition coefficient (Wildman–Crippen LogP) is 2.66. The summed E-state index contributed by atoms with van der Waals surface area (Å²) in [7, 11) is 0. The maximum Gasteiger partial charge on any atom is 0.253 e. The van der Waals surface area contributed by atoms with Crippen LogP contribution in [0, 0.1) is 13.8 Å². The summed E-state index contributed by atoms with van der Waals surface area (Å²) < 4.78 is 0. The Labute approximate surface area is 177 Å². The van der Waals surface area contributed by atoms with Crippen LogP contribution in [0.2, 0.25) is 0 Å². The fourth-order valence-corrected chi connectivity index (χ4v) is 3.45. The number of aryl methyl sites for hydroxylation is 2. The highest BCUT2D eigenvalue weighted by atomic mass is 16.2. The van der Waals surface area contributed by atoms with E-state index in [4.69, 9.17) is 0 Å². The first-order valence-electron chi connectivity index (χ1n) is 10.1. The lowest BCUT2D eigenvalue weighted by atomic mass is 10.1. The Hall–Kier alpha value is -3.19. The summed E-state index contributed by atoms with van der Waals surface area (Å²) in [5.74, 6) is -0.243. The van der Waals surface area contributed by atoms with Crippen molar-refractivity contribution >= 4 is 29.1 Å². The highest BCUT2D eigenvalue weighted by Gasteiger charge is 2.23. The Kier molecular flexibility index (Phi) is 6.84. The fourth-order valence-electron chi connectivity index (χ4n) is 3.45. The maximum absolute atomic E-state index is 12.7. The molecule has 0 aliphatic carbocycles. The normalized spacial score (nSPS) is 14.3. The molecule has 3 amide bonds. The number of rotatable bonds is 5. The van der Waals surface area contributed by atoms with Crippen LogP contribution in [0.5, 0.6) is 0 Å². The lowest BCUT2D eigenvalue weighted by Crippen LogP contribution is -2.50. The van der Waals surface area contributed by atoms with Gasteiger partial charge in [0.2, 0.25) is 11.8 Å². The molecule has 0 radical (unpaired) electrons. The number of hydrogen-bond acceptors (Lipinski definition) is 4. The van der Waals surface area contributed by atoms with Gasteiger partial charge in [-0.15, -0.1) is 0 Å². The molecule has 2 aromatic carbocycles. The highest BCUT2D eigenvalue weighted by molar-refractivity contribution is 5.95. The maximum atomic E-state index is 12.7. The van der Waals surface area contributed by atoms with Gasteiger partial charge in [0, 0.05) is 50.0 Å². The molecule has 1 aliphatic rings. The van der Waals surface area contributed by atoms with Gasteiger partial charge in [0.1, 0.15) is 0 Å². The third kappa shape index (κ3) is 5.67. The van der Waals surface area contributed by atoms with Gasteiger partial charge >= 0.3 is 0 Å². The summed E-state index contributed by atoms with van der Waals surface area (Å²) in [6.45, 7) is 8.23. The summed E-state index contributed by atoms with van der Waals surface area (Å²) >= 11 is 0. The average Bonchev–Trinajstić information content (AvgIpc) is 2.70. The van der Waals surface area contributed by atoms with E-state index >= 15 is 0 Å². The molecule has 1 heterocycles. The number of carbonyl (C=O) groups excluding carboxylic acids is 3. The van der Waals surface area contributed by atoms with Gasteiger partial charge in [-0.3, -0.25) is 19.3 Å². The van der Waals surface area contributed by atoms with Crippen LogP contribution in [0.15, 0.2) is 42.5 Å². The minimum Gasteiger partial charge on any atom is -0.336 e. The van der Waals surface area contributed by atoms with Crippen molar-refractivity contribution in [1.29, 1.82) is 0 Å². The molecule has 1 saturated heterocycles. The van der Waals surface area contributed by atoms with Crippen LogP contribution in [0.3, 0.4) is 0 Å². The molecule has 0 spiro atoms. The second-order valence-corrected chi connectivity index (χ2v) is 7.68. The molecule has 1 aliphatic heterocycles. The largest absolute Gasteiger partial charge is 0.336 e. The van der Waals surface area contributed by atoms with Crippen LogP contribution >= 0.6 is 0 Å². The van der Waals surface area contributed by atoms with Gasteiger partial charge in [-0.05, 0) is 55.3 Å². The van der Waals surface area contributed by atoms with Gasteiger partial charge in [0.05, 0.1) is 6.54 Å². The summed E-state index contributed by atoms with van der Waals surface area (Å²) in [4.78, 5) is 40.2. The molecular formula is C23H28N4O3. The number of anilines is 2. The van der Waals surface area contributed by atoms with Crippen molar-refractivity contribution in [3.8, 4) is 0 Å². The monoisotopic (exact) mass is 408 g/mol. The second-order valence-electron chi connectivity index (χ2n) is 7.68. The molecule has 0 aromatic heterocycles. The number of benzene rings is 2. The molecule has 3 rings (SSSR count). The summed E-state index contributed by atoms with van der Waals surface area (Å²) in [5, 5.41) is 5.56. The molecule has 0 atom stereocenters. The first-order valence-corrected chi connectivity index (χ1v) is 10.1. The zero-order valence-corrected chi connectivity index (χ0v) is 17.7. The Bertz CT molecular complexity index is 949. The van der Waals surface area contributed by atoms with Crippen LogP contribution in [0.4, 0.5) is 11.4 Å². The van der Waals surface area contributed by atoms with Crippen molar-refractivity contribution < 1.29 is 14.4 Å². The topological polar surface area (TPSA) is 81.8 Å². The molecule has 0 unspecified atom stereocenters. The van der Waals surface area contributed by atoms with E-state index in [-0.39, 0.29) is 24.3 Å². The van der Waals surface area contributed by atoms with Gasteiger partial charge in [0.15, 0.2) is 0 Å². The molecule has 2 N–H and O–H groups in total. The number of carbonyl (C=O) groups is 3. The average molecular weight is 409 g/mol. The Morgan fingerprint density at radius 2 is 1.53 bits per heavy atom. The van der Waals surface area contributed by atoms with Crippen LogP contribution in [-0.4, -0.2) is 60.2 Å².